The molecular weight excluding hydrogens is 390 g/mol. The van der Waals surface area contributed by atoms with Gasteiger partial charge >= 0.3 is 0 Å². The average Bonchev–Trinajstić information content (AvgIpc) is 3.16. The van der Waals surface area contributed by atoms with Gasteiger partial charge in [-0.3, -0.25) is 4.79 Å². The lowest BCUT2D eigenvalue weighted by Gasteiger charge is -2.12. The Morgan fingerprint density at radius 3 is 2.45 bits per heavy atom. The van der Waals surface area contributed by atoms with E-state index < -0.39 is 0 Å². The van der Waals surface area contributed by atoms with E-state index in [1.54, 1.807) is 7.11 Å². The van der Waals surface area contributed by atoms with E-state index >= 15 is 0 Å². The third-order valence-electron chi connectivity index (χ3n) is 5.17. The SMILES string of the molecule is COc1ccc(OCCn2c(CNC(=O)c3ccccc3C)nc3ccccc32)cc1. The number of para-hydroxylation sites is 2. The molecule has 0 aliphatic heterocycles. The molecule has 158 valence electrons. The summed E-state index contributed by atoms with van der Waals surface area (Å²) in [5.74, 6) is 2.26. The van der Waals surface area contributed by atoms with Crippen molar-refractivity contribution in [1.82, 2.24) is 14.9 Å². The molecule has 6 heteroatoms. The number of benzene rings is 3. The zero-order valence-electron chi connectivity index (χ0n) is 17.7. The van der Waals surface area contributed by atoms with E-state index in [0.29, 0.717) is 25.3 Å². The van der Waals surface area contributed by atoms with E-state index in [1.165, 1.54) is 0 Å². The maximum Gasteiger partial charge on any atom is 0.251 e. The lowest BCUT2D eigenvalue weighted by molar-refractivity contribution is 0.0949. The van der Waals surface area contributed by atoms with Crippen molar-refractivity contribution >= 4 is 16.9 Å². The Morgan fingerprint density at radius 1 is 0.968 bits per heavy atom. The second-order valence-electron chi connectivity index (χ2n) is 7.19. The molecule has 3 aromatic carbocycles. The van der Waals surface area contributed by atoms with Gasteiger partial charge in [0.05, 0.1) is 31.2 Å². The van der Waals surface area contributed by atoms with Crippen LogP contribution in [0.4, 0.5) is 0 Å². The highest BCUT2D eigenvalue weighted by Crippen LogP contribution is 2.19. The minimum atomic E-state index is -0.105. The topological polar surface area (TPSA) is 65.4 Å². The normalized spacial score (nSPS) is 10.8. The molecule has 0 radical (unpaired) electrons. The molecule has 0 spiro atoms. The summed E-state index contributed by atoms with van der Waals surface area (Å²) in [6.45, 7) is 3.36. The summed E-state index contributed by atoms with van der Waals surface area (Å²) >= 11 is 0. The Kier molecular flexibility index (Phi) is 6.17. The number of nitrogens with zero attached hydrogens (tertiary/aromatic N) is 2. The van der Waals surface area contributed by atoms with Gasteiger partial charge in [0.15, 0.2) is 0 Å². The first-order valence-corrected chi connectivity index (χ1v) is 10.2. The smallest absolute Gasteiger partial charge is 0.251 e. The first-order valence-electron chi connectivity index (χ1n) is 10.2. The first kappa shape index (κ1) is 20.5. The molecule has 0 fully saturated rings. The van der Waals surface area contributed by atoms with Gasteiger partial charge in [0.25, 0.3) is 5.91 Å². The Hall–Kier alpha value is -3.80. The lowest BCUT2D eigenvalue weighted by Crippen LogP contribution is -2.26. The molecule has 0 saturated carbocycles. The zero-order valence-corrected chi connectivity index (χ0v) is 17.7. The number of hydrogen-bond acceptors (Lipinski definition) is 4. The minimum Gasteiger partial charge on any atom is -0.497 e. The minimum absolute atomic E-state index is 0.105. The van der Waals surface area contributed by atoms with Gasteiger partial charge in [-0.15, -0.1) is 0 Å². The van der Waals surface area contributed by atoms with Crippen LogP contribution in [-0.4, -0.2) is 29.2 Å². The fourth-order valence-corrected chi connectivity index (χ4v) is 3.52. The van der Waals surface area contributed by atoms with Crippen molar-refractivity contribution in [2.24, 2.45) is 0 Å². The van der Waals surface area contributed by atoms with Crippen molar-refractivity contribution < 1.29 is 14.3 Å². The predicted octanol–water partition coefficient (Wildman–Crippen LogP) is 4.36. The predicted molar refractivity (Wildman–Crippen MR) is 121 cm³/mol. The molecule has 0 aliphatic carbocycles. The number of fused-ring (bicyclic) bond motifs is 1. The molecule has 0 aliphatic rings. The number of ether oxygens (including phenoxy) is 2. The van der Waals surface area contributed by atoms with Crippen LogP contribution >= 0.6 is 0 Å². The van der Waals surface area contributed by atoms with Crippen LogP contribution in [0.2, 0.25) is 0 Å². The van der Waals surface area contributed by atoms with Crippen molar-refractivity contribution in [3.63, 3.8) is 0 Å². The Bertz CT molecular complexity index is 1180. The quantitative estimate of drug-likeness (QED) is 0.464. The molecule has 0 unspecified atom stereocenters. The van der Waals surface area contributed by atoms with Crippen molar-refractivity contribution in [2.45, 2.75) is 20.0 Å². The number of aromatic nitrogens is 2. The lowest BCUT2D eigenvalue weighted by atomic mass is 10.1. The van der Waals surface area contributed by atoms with Gasteiger partial charge in [0.2, 0.25) is 0 Å². The second-order valence-corrected chi connectivity index (χ2v) is 7.19. The average molecular weight is 415 g/mol. The Morgan fingerprint density at radius 2 is 1.68 bits per heavy atom. The number of amides is 1. The third kappa shape index (κ3) is 4.69. The second kappa shape index (κ2) is 9.34. The molecule has 31 heavy (non-hydrogen) atoms. The van der Waals surface area contributed by atoms with Crippen molar-refractivity contribution in [3.8, 4) is 11.5 Å². The summed E-state index contributed by atoms with van der Waals surface area (Å²) in [7, 11) is 1.64. The largest absolute Gasteiger partial charge is 0.497 e. The van der Waals surface area contributed by atoms with E-state index in [-0.39, 0.29) is 5.91 Å². The van der Waals surface area contributed by atoms with Gasteiger partial charge in [-0.25, -0.2) is 4.98 Å². The van der Waals surface area contributed by atoms with Crippen LogP contribution < -0.4 is 14.8 Å². The molecule has 1 aromatic heterocycles. The van der Waals surface area contributed by atoms with E-state index in [4.69, 9.17) is 14.5 Å². The molecule has 6 nitrogen and oxygen atoms in total. The molecule has 4 aromatic rings. The molecule has 0 saturated heterocycles. The number of carbonyl (C=O) groups is 1. The molecule has 1 N–H and O–H groups in total. The monoisotopic (exact) mass is 415 g/mol. The molecule has 0 bridgehead atoms. The van der Waals surface area contributed by atoms with Gasteiger partial charge in [-0.1, -0.05) is 30.3 Å². The maximum absolute atomic E-state index is 12.6. The van der Waals surface area contributed by atoms with E-state index in [1.807, 2.05) is 79.7 Å². The van der Waals surface area contributed by atoms with Crippen LogP contribution in [0.5, 0.6) is 11.5 Å². The zero-order chi connectivity index (χ0) is 21.6. The van der Waals surface area contributed by atoms with Gasteiger partial charge in [-0.2, -0.15) is 0 Å². The highest BCUT2D eigenvalue weighted by Gasteiger charge is 2.13. The van der Waals surface area contributed by atoms with Crippen molar-refractivity contribution in [3.05, 3.63) is 89.7 Å². The maximum atomic E-state index is 12.6. The molecule has 1 heterocycles. The number of imidazole rings is 1. The summed E-state index contributed by atoms with van der Waals surface area (Å²) < 4.78 is 13.2. The van der Waals surface area contributed by atoms with Crippen LogP contribution in [0.3, 0.4) is 0 Å². The molecule has 4 rings (SSSR count). The van der Waals surface area contributed by atoms with Crippen LogP contribution in [0, 0.1) is 6.92 Å². The number of hydrogen-bond donors (Lipinski definition) is 1. The van der Waals surface area contributed by atoms with Gasteiger partial charge in [-0.05, 0) is 55.0 Å². The highest BCUT2D eigenvalue weighted by molar-refractivity contribution is 5.95. The summed E-state index contributed by atoms with van der Waals surface area (Å²) in [5.41, 5.74) is 3.53. The van der Waals surface area contributed by atoms with Gasteiger partial charge in [0.1, 0.15) is 23.9 Å². The van der Waals surface area contributed by atoms with Crippen LogP contribution in [-0.2, 0) is 13.1 Å². The van der Waals surface area contributed by atoms with E-state index in [9.17, 15) is 4.79 Å². The number of nitrogens with one attached hydrogen (secondary N) is 1. The van der Waals surface area contributed by atoms with Crippen LogP contribution in [0.15, 0.2) is 72.8 Å². The molecular formula is C25H25N3O3. The van der Waals surface area contributed by atoms with E-state index in [0.717, 1.165) is 33.9 Å². The summed E-state index contributed by atoms with van der Waals surface area (Å²) in [6, 6.07) is 23.0. The summed E-state index contributed by atoms with van der Waals surface area (Å²) in [5, 5.41) is 3.00. The number of carbonyl (C=O) groups excluding carboxylic acids is 1. The highest BCUT2D eigenvalue weighted by atomic mass is 16.5. The van der Waals surface area contributed by atoms with Crippen molar-refractivity contribution in [2.75, 3.05) is 13.7 Å². The third-order valence-corrected chi connectivity index (χ3v) is 5.17. The Balaban J connectivity index is 1.47. The standard InChI is InChI=1S/C25H25N3O3/c1-18-7-3-4-8-21(18)25(29)26-17-24-27-22-9-5-6-10-23(22)28(24)15-16-31-20-13-11-19(30-2)12-14-20/h3-14H,15-17H2,1-2H3,(H,26,29). The van der Waals surface area contributed by atoms with E-state index in [2.05, 4.69) is 9.88 Å². The fourth-order valence-electron chi connectivity index (χ4n) is 3.52. The first-order chi connectivity index (χ1) is 15.2. The number of methoxy groups -OCH3 is 1. The van der Waals surface area contributed by atoms with Gasteiger partial charge < -0.3 is 19.4 Å². The molecule has 1 amide bonds. The Labute approximate surface area is 181 Å². The van der Waals surface area contributed by atoms with Crippen LogP contribution in [0.25, 0.3) is 11.0 Å². The van der Waals surface area contributed by atoms with Crippen LogP contribution in [0.1, 0.15) is 21.7 Å². The summed E-state index contributed by atoms with van der Waals surface area (Å²) in [4.78, 5) is 17.4. The summed E-state index contributed by atoms with van der Waals surface area (Å²) in [6.07, 6.45) is 0. The number of rotatable bonds is 8. The number of aryl methyl sites for hydroxylation is 1. The van der Waals surface area contributed by atoms with Gasteiger partial charge in [0, 0.05) is 5.56 Å². The fraction of sp³-hybridized carbons (Fsp3) is 0.200. The molecule has 0 atom stereocenters. The van der Waals surface area contributed by atoms with Crippen molar-refractivity contribution in [1.29, 1.82) is 0 Å².